The van der Waals surface area contributed by atoms with Crippen molar-refractivity contribution in [3.05, 3.63) is 65.5 Å². The minimum Gasteiger partial charge on any atom is -0.338 e. The standard InChI is InChI=1S/C22H25FN2O2/c1-22(2,3)18-6-4-5-7-19(18)24-21(27)16-12-20(26)25(14-16)13-15-8-10-17(23)11-9-15/h4-11,16H,12-14H2,1-3H3,(H,24,27). The van der Waals surface area contributed by atoms with Gasteiger partial charge in [-0.15, -0.1) is 0 Å². The van der Waals surface area contributed by atoms with Gasteiger partial charge in [0.1, 0.15) is 5.82 Å². The summed E-state index contributed by atoms with van der Waals surface area (Å²) < 4.78 is 13.0. The Hall–Kier alpha value is -2.69. The number of likely N-dealkylation sites (tertiary alicyclic amines) is 1. The van der Waals surface area contributed by atoms with Crippen molar-refractivity contribution < 1.29 is 14.0 Å². The van der Waals surface area contributed by atoms with Gasteiger partial charge < -0.3 is 10.2 Å². The minimum atomic E-state index is -0.383. The number of nitrogens with one attached hydrogen (secondary N) is 1. The number of para-hydroxylation sites is 1. The fraction of sp³-hybridized carbons (Fsp3) is 0.364. The van der Waals surface area contributed by atoms with Crippen LogP contribution in [0.25, 0.3) is 0 Å². The van der Waals surface area contributed by atoms with Gasteiger partial charge in [-0.3, -0.25) is 9.59 Å². The van der Waals surface area contributed by atoms with Crippen LogP contribution < -0.4 is 5.32 Å². The Kier molecular flexibility index (Phi) is 5.31. The van der Waals surface area contributed by atoms with Crippen LogP contribution in [0.15, 0.2) is 48.5 Å². The first-order valence-electron chi connectivity index (χ1n) is 9.16. The average Bonchev–Trinajstić information content (AvgIpc) is 2.97. The Labute approximate surface area is 159 Å². The van der Waals surface area contributed by atoms with Crippen LogP contribution in [0.1, 0.15) is 38.3 Å². The fourth-order valence-electron chi connectivity index (χ4n) is 3.39. The van der Waals surface area contributed by atoms with Crippen LogP contribution in [0.4, 0.5) is 10.1 Å². The highest BCUT2D eigenvalue weighted by Gasteiger charge is 2.34. The number of anilines is 1. The molecule has 1 unspecified atom stereocenters. The molecule has 1 aliphatic heterocycles. The highest BCUT2D eigenvalue weighted by molar-refractivity contribution is 5.97. The van der Waals surface area contributed by atoms with Crippen molar-refractivity contribution in [2.24, 2.45) is 5.92 Å². The number of hydrogen-bond donors (Lipinski definition) is 1. The molecule has 0 aromatic heterocycles. The summed E-state index contributed by atoms with van der Waals surface area (Å²) in [6.45, 7) is 7.06. The van der Waals surface area contributed by atoms with Crippen LogP contribution in [0.5, 0.6) is 0 Å². The van der Waals surface area contributed by atoms with E-state index in [-0.39, 0.29) is 35.4 Å². The van der Waals surface area contributed by atoms with E-state index in [1.807, 2.05) is 24.3 Å². The molecule has 1 atom stereocenters. The molecule has 5 heteroatoms. The van der Waals surface area contributed by atoms with E-state index in [4.69, 9.17) is 0 Å². The Bertz CT molecular complexity index is 840. The third-order valence-electron chi connectivity index (χ3n) is 4.86. The molecular weight excluding hydrogens is 343 g/mol. The van der Waals surface area contributed by atoms with Gasteiger partial charge in [-0.25, -0.2) is 4.39 Å². The van der Waals surface area contributed by atoms with Crippen LogP contribution in [-0.2, 0) is 21.5 Å². The molecule has 1 N–H and O–H groups in total. The van der Waals surface area contributed by atoms with Crippen molar-refractivity contribution in [1.82, 2.24) is 4.90 Å². The fourth-order valence-corrected chi connectivity index (χ4v) is 3.39. The topological polar surface area (TPSA) is 49.4 Å². The van der Waals surface area contributed by atoms with Gasteiger partial charge in [-0.2, -0.15) is 0 Å². The van der Waals surface area contributed by atoms with Crippen molar-refractivity contribution in [1.29, 1.82) is 0 Å². The summed E-state index contributed by atoms with van der Waals surface area (Å²) in [6.07, 6.45) is 0.199. The first kappa shape index (κ1) is 19.1. The number of halogens is 1. The van der Waals surface area contributed by atoms with Crippen molar-refractivity contribution >= 4 is 17.5 Å². The monoisotopic (exact) mass is 368 g/mol. The van der Waals surface area contributed by atoms with Crippen LogP contribution >= 0.6 is 0 Å². The van der Waals surface area contributed by atoms with E-state index in [9.17, 15) is 14.0 Å². The van der Waals surface area contributed by atoms with Crippen molar-refractivity contribution in [2.45, 2.75) is 39.2 Å². The Balaban J connectivity index is 1.67. The molecule has 3 rings (SSSR count). The SMILES string of the molecule is CC(C)(C)c1ccccc1NC(=O)C1CC(=O)N(Cc2ccc(F)cc2)C1. The van der Waals surface area contributed by atoms with Crippen LogP contribution in [0.2, 0.25) is 0 Å². The molecule has 2 aromatic rings. The minimum absolute atomic E-state index is 0.0522. The van der Waals surface area contributed by atoms with Crippen LogP contribution in [-0.4, -0.2) is 23.3 Å². The number of carbonyl (C=O) groups is 2. The van der Waals surface area contributed by atoms with E-state index < -0.39 is 0 Å². The van der Waals surface area contributed by atoms with Crippen LogP contribution in [0.3, 0.4) is 0 Å². The van der Waals surface area contributed by atoms with Crippen molar-refractivity contribution in [3.63, 3.8) is 0 Å². The largest absolute Gasteiger partial charge is 0.338 e. The average molecular weight is 368 g/mol. The summed E-state index contributed by atoms with van der Waals surface area (Å²) in [5.74, 6) is -0.877. The predicted octanol–water partition coefficient (Wildman–Crippen LogP) is 4.11. The molecule has 1 aliphatic rings. The zero-order chi connectivity index (χ0) is 19.6. The molecule has 142 valence electrons. The third-order valence-corrected chi connectivity index (χ3v) is 4.86. The summed E-state index contributed by atoms with van der Waals surface area (Å²) in [4.78, 5) is 26.7. The smallest absolute Gasteiger partial charge is 0.229 e. The van der Waals surface area contributed by atoms with E-state index >= 15 is 0 Å². The number of rotatable bonds is 4. The summed E-state index contributed by atoms with van der Waals surface area (Å²) in [5.41, 5.74) is 2.61. The number of amides is 2. The van der Waals surface area contributed by atoms with Crippen LogP contribution in [0, 0.1) is 11.7 Å². The molecule has 0 saturated carbocycles. The second kappa shape index (κ2) is 7.51. The lowest BCUT2D eigenvalue weighted by Crippen LogP contribution is -2.28. The van der Waals surface area contributed by atoms with Gasteiger partial charge >= 0.3 is 0 Å². The summed E-state index contributed by atoms with van der Waals surface area (Å²) >= 11 is 0. The molecule has 0 spiro atoms. The van der Waals surface area contributed by atoms with Gasteiger partial charge in [0.15, 0.2) is 0 Å². The zero-order valence-electron chi connectivity index (χ0n) is 16.0. The Morgan fingerprint density at radius 1 is 1.15 bits per heavy atom. The molecule has 2 amide bonds. The Morgan fingerprint density at radius 2 is 1.81 bits per heavy atom. The summed E-state index contributed by atoms with van der Waals surface area (Å²) in [5, 5.41) is 3.00. The quantitative estimate of drug-likeness (QED) is 0.883. The second-order valence-electron chi connectivity index (χ2n) is 8.09. The van der Waals surface area contributed by atoms with E-state index in [2.05, 4.69) is 26.1 Å². The molecule has 0 bridgehead atoms. The van der Waals surface area contributed by atoms with Gasteiger partial charge in [0.05, 0.1) is 5.92 Å². The molecule has 27 heavy (non-hydrogen) atoms. The maximum Gasteiger partial charge on any atom is 0.229 e. The van der Waals surface area contributed by atoms with E-state index in [1.165, 1.54) is 12.1 Å². The molecule has 1 heterocycles. The van der Waals surface area contributed by atoms with Crippen molar-refractivity contribution in [2.75, 3.05) is 11.9 Å². The first-order valence-corrected chi connectivity index (χ1v) is 9.16. The molecule has 4 nitrogen and oxygen atoms in total. The molecule has 0 aliphatic carbocycles. The number of nitrogens with zero attached hydrogens (tertiary/aromatic N) is 1. The van der Waals surface area contributed by atoms with Gasteiger partial charge in [-0.1, -0.05) is 51.1 Å². The van der Waals surface area contributed by atoms with E-state index in [0.717, 1.165) is 16.8 Å². The maximum atomic E-state index is 13.0. The number of carbonyl (C=O) groups excluding carboxylic acids is 2. The van der Waals surface area contributed by atoms with Crippen molar-refractivity contribution in [3.8, 4) is 0 Å². The number of benzene rings is 2. The lowest BCUT2D eigenvalue weighted by Gasteiger charge is -2.23. The molecule has 0 radical (unpaired) electrons. The van der Waals surface area contributed by atoms with Gasteiger partial charge in [0.2, 0.25) is 11.8 Å². The third kappa shape index (κ3) is 4.54. The lowest BCUT2D eigenvalue weighted by atomic mass is 9.85. The Morgan fingerprint density at radius 3 is 2.48 bits per heavy atom. The summed E-state index contributed by atoms with van der Waals surface area (Å²) in [7, 11) is 0. The normalized spacial score (nSPS) is 17.3. The maximum absolute atomic E-state index is 13.0. The van der Waals surface area contributed by atoms with Gasteiger partial charge in [0, 0.05) is 25.2 Å². The molecular formula is C22H25FN2O2. The highest BCUT2D eigenvalue weighted by atomic mass is 19.1. The number of hydrogen-bond acceptors (Lipinski definition) is 2. The predicted molar refractivity (Wildman–Crippen MR) is 104 cm³/mol. The molecule has 2 aromatic carbocycles. The van der Waals surface area contributed by atoms with Gasteiger partial charge in [0.25, 0.3) is 0 Å². The van der Waals surface area contributed by atoms with E-state index in [1.54, 1.807) is 17.0 Å². The van der Waals surface area contributed by atoms with Gasteiger partial charge in [-0.05, 0) is 34.7 Å². The second-order valence-corrected chi connectivity index (χ2v) is 8.09. The first-order chi connectivity index (χ1) is 12.7. The highest BCUT2D eigenvalue weighted by Crippen LogP contribution is 2.30. The lowest BCUT2D eigenvalue weighted by molar-refractivity contribution is -0.128. The summed E-state index contributed by atoms with van der Waals surface area (Å²) in [6, 6.07) is 13.8. The van der Waals surface area contributed by atoms with E-state index in [0.29, 0.717) is 13.1 Å². The zero-order valence-corrected chi connectivity index (χ0v) is 16.0. The molecule has 1 saturated heterocycles. The molecule has 1 fully saturated rings.